The Morgan fingerprint density at radius 1 is 1.62 bits per heavy atom. The molecule has 1 rings (SSSR count). The molecule has 0 aliphatic heterocycles. The van der Waals surface area contributed by atoms with Gasteiger partial charge in [-0.3, -0.25) is 9.89 Å². The van der Waals surface area contributed by atoms with Crippen LogP contribution in [0.3, 0.4) is 0 Å². The molecule has 1 heterocycles. The van der Waals surface area contributed by atoms with Gasteiger partial charge in [0.25, 0.3) is 0 Å². The van der Waals surface area contributed by atoms with E-state index < -0.39 is 6.04 Å². The lowest BCUT2D eigenvalue weighted by atomic mass is 10.1. The molecule has 1 N–H and O–H groups in total. The van der Waals surface area contributed by atoms with Crippen LogP contribution in [0.4, 0.5) is 0 Å². The van der Waals surface area contributed by atoms with Crippen molar-refractivity contribution in [3.8, 4) is 0 Å². The van der Waals surface area contributed by atoms with Crippen molar-refractivity contribution in [3.05, 3.63) is 21.9 Å². The highest BCUT2D eigenvalue weighted by Crippen LogP contribution is 2.20. The lowest BCUT2D eigenvalue weighted by Crippen LogP contribution is -1.96. The number of hydrogen-bond acceptors (Lipinski definition) is 4. The van der Waals surface area contributed by atoms with Crippen molar-refractivity contribution in [2.75, 3.05) is 0 Å². The Morgan fingerprint density at radius 2 is 2.23 bits per heavy atom. The summed E-state index contributed by atoms with van der Waals surface area (Å²) in [5.41, 5.74) is 1.70. The highest BCUT2D eigenvalue weighted by molar-refractivity contribution is 5.93. The lowest BCUT2D eigenvalue weighted by Gasteiger charge is -1.99. The summed E-state index contributed by atoms with van der Waals surface area (Å²) >= 11 is 0. The maximum atomic E-state index is 11.0. The van der Waals surface area contributed by atoms with Gasteiger partial charge in [-0.2, -0.15) is 10.0 Å². The molecule has 0 saturated carbocycles. The van der Waals surface area contributed by atoms with Crippen LogP contribution in [-0.2, 0) is 0 Å². The van der Waals surface area contributed by atoms with Crippen molar-refractivity contribution in [2.45, 2.75) is 26.8 Å². The lowest BCUT2D eigenvalue weighted by molar-refractivity contribution is 0.101. The molecule has 0 amide bonds. The minimum atomic E-state index is -0.486. The SMILES string of the molecule is CC(=O)c1n[nH]c(C(C)N=O)c1C. The molecule has 1 aromatic heterocycles. The first-order chi connectivity index (χ1) is 6.07. The van der Waals surface area contributed by atoms with Crippen LogP contribution in [0.5, 0.6) is 0 Å². The first-order valence-corrected chi connectivity index (χ1v) is 3.96. The second-order valence-corrected chi connectivity index (χ2v) is 2.95. The largest absolute Gasteiger partial charge is 0.293 e. The van der Waals surface area contributed by atoms with Crippen LogP contribution in [0.1, 0.15) is 41.6 Å². The number of rotatable bonds is 3. The summed E-state index contributed by atoms with van der Waals surface area (Å²) in [5.74, 6) is -0.113. The zero-order valence-electron chi connectivity index (χ0n) is 7.79. The number of nitrogens with one attached hydrogen (secondary N) is 1. The Balaban J connectivity index is 3.13. The predicted octanol–water partition coefficient (Wildman–Crippen LogP) is 1.75. The Labute approximate surface area is 75.5 Å². The third kappa shape index (κ3) is 1.63. The number of aromatic amines is 1. The normalized spacial score (nSPS) is 12.5. The van der Waals surface area contributed by atoms with Crippen LogP contribution in [0, 0.1) is 11.8 Å². The molecule has 0 aliphatic carbocycles. The topological polar surface area (TPSA) is 75.2 Å². The van der Waals surface area contributed by atoms with Crippen molar-refractivity contribution in [2.24, 2.45) is 5.18 Å². The smallest absolute Gasteiger partial charge is 0.180 e. The highest BCUT2D eigenvalue weighted by Gasteiger charge is 2.17. The van der Waals surface area contributed by atoms with E-state index in [4.69, 9.17) is 0 Å². The van der Waals surface area contributed by atoms with Gasteiger partial charge in [-0.25, -0.2) is 0 Å². The fourth-order valence-electron chi connectivity index (χ4n) is 1.21. The van der Waals surface area contributed by atoms with Crippen molar-refractivity contribution in [1.29, 1.82) is 0 Å². The first-order valence-electron chi connectivity index (χ1n) is 3.96. The Bertz CT molecular complexity index is 343. The second-order valence-electron chi connectivity index (χ2n) is 2.95. The van der Waals surface area contributed by atoms with Crippen molar-refractivity contribution < 1.29 is 4.79 Å². The molecule has 5 heteroatoms. The summed E-state index contributed by atoms with van der Waals surface area (Å²) in [6.45, 7) is 4.83. The highest BCUT2D eigenvalue weighted by atomic mass is 16.3. The van der Waals surface area contributed by atoms with E-state index in [1.54, 1.807) is 13.8 Å². The summed E-state index contributed by atoms with van der Waals surface area (Å²) in [7, 11) is 0. The van der Waals surface area contributed by atoms with E-state index in [9.17, 15) is 9.70 Å². The van der Waals surface area contributed by atoms with Crippen LogP contribution < -0.4 is 0 Å². The first kappa shape index (κ1) is 9.57. The summed E-state index contributed by atoms with van der Waals surface area (Å²) in [5, 5.41) is 9.31. The van der Waals surface area contributed by atoms with E-state index in [0.29, 0.717) is 17.0 Å². The van der Waals surface area contributed by atoms with E-state index in [2.05, 4.69) is 15.4 Å². The van der Waals surface area contributed by atoms with Gasteiger partial charge < -0.3 is 0 Å². The Hall–Kier alpha value is -1.52. The number of ketones is 1. The van der Waals surface area contributed by atoms with Crippen LogP contribution in [-0.4, -0.2) is 16.0 Å². The van der Waals surface area contributed by atoms with Gasteiger partial charge in [0.15, 0.2) is 5.78 Å². The fraction of sp³-hybridized carbons (Fsp3) is 0.500. The van der Waals surface area contributed by atoms with Crippen LogP contribution in [0.25, 0.3) is 0 Å². The molecule has 0 spiro atoms. The summed E-state index contributed by atoms with van der Waals surface area (Å²) < 4.78 is 0. The van der Waals surface area contributed by atoms with E-state index in [1.807, 2.05) is 0 Å². The number of aromatic nitrogens is 2. The summed E-state index contributed by atoms with van der Waals surface area (Å²) in [4.78, 5) is 21.3. The number of nitroso groups, excluding NO2 is 1. The van der Waals surface area contributed by atoms with Gasteiger partial charge in [0, 0.05) is 12.5 Å². The van der Waals surface area contributed by atoms with E-state index in [0.717, 1.165) is 0 Å². The molecule has 0 fully saturated rings. The molecule has 0 bridgehead atoms. The average molecular weight is 181 g/mol. The van der Waals surface area contributed by atoms with E-state index >= 15 is 0 Å². The van der Waals surface area contributed by atoms with Crippen LogP contribution in [0.2, 0.25) is 0 Å². The van der Waals surface area contributed by atoms with Crippen LogP contribution >= 0.6 is 0 Å². The van der Waals surface area contributed by atoms with Gasteiger partial charge in [0.2, 0.25) is 0 Å². The minimum Gasteiger partial charge on any atom is -0.293 e. The van der Waals surface area contributed by atoms with Crippen LogP contribution in [0.15, 0.2) is 5.18 Å². The molecule has 5 nitrogen and oxygen atoms in total. The number of carbonyl (C=O) groups excluding carboxylic acids is 1. The number of H-pyrrole nitrogens is 1. The molecule has 1 atom stereocenters. The predicted molar refractivity (Wildman–Crippen MR) is 47.5 cm³/mol. The van der Waals surface area contributed by atoms with Crippen molar-refractivity contribution in [3.63, 3.8) is 0 Å². The van der Waals surface area contributed by atoms with Gasteiger partial charge in [0.1, 0.15) is 11.7 Å². The number of hydrogen-bond donors (Lipinski definition) is 1. The number of nitrogens with zero attached hydrogens (tertiary/aromatic N) is 2. The Morgan fingerprint density at radius 3 is 2.62 bits per heavy atom. The van der Waals surface area contributed by atoms with Gasteiger partial charge in [-0.15, -0.1) is 0 Å². The van der Waals surface area contributed by atoms with Gasteiger partial charge in [-0.05, 0) is 13.8 Å². The molecule has 0 aliphatic rings. The monoisotopic (exact) mass is 181 g/mol. The average Bonchev–Trinajstić information content (AvgIpc) is 2.46. The third-order valence-corrected chi connectivity index (χ3v) is 1.96. The zero-order valence-corrected chi connectivity index (χ0v) is 7.79. The quantitative estimate of drug-likeness (QED) is 0.570. The number of carbonyl (C=O) groups is 1. The molecule has 0 radical (unpaired) electrons. The van der Waals surface area contributed by atoms with Gasteiger partial charge in [0.05, 0.1) is 5.69 Å². The molecular weight excluding hydrogens is 170 g/mol. The molecule has 1 aromatic rings. The molecular formula is C8H11N3O2. The standard InChI is InChI=1S/C8H11N3O2/c1-4-7(5(2)11-13)9-10-8(4)6(3)12/h5H,1-3H3,(H,9,10). The van der Waals surface area contributed by atoms with Crippen molar-refractivity contribution >= 4 is 5.78 Å². The fourth-order valence-corrected chi connectivity index (χ4v) is 1.21. The number of Topliss-reactive ketones (excluding diaryl/α,β-unsaturated/α-hetero) is 1. The van der Waals surface area contributed by atoms with E-state index in [1.165, 1.54) is 6.92 Å². The second kappa shape index (κ2) is 3.47. The van der Waals surface area contributed by atoms with E-state index in [-0.39, 0.29) is 5.78 Å². The maximum Gasteiger partial charge on any atom is 0.180 e. The molecule has 0 saturated heterocycles. The zero-order chi connectivity index (χ0) is 10.0. The maximum absolute atomic E-state index is 11.0. The molecule has 70 valence electrons. The summed E-state index contributed by atoms with van der Waals surface area (Å²) in [6.07, 6.45) is 0. The molecule has 0 aromatic carbocycles. The molecule has 13 heavy (non-hydrogen) atoms. The Kier molecular flexibility index (Phi) is 2.55. The van der Waals surface area contributed by atoms with Gasteiger partial charge >= 0.3 is 0 Å². The third-order valence-electron chi connectivity index (χ3n) is 1.96. The van der Waals surface area contributed by atoms with Crippen molar-refractivity contribution in [1.82, 2.24) is 10.2 Å². The van der Waals surface area contributed by atoms with Gasteiger partial charge in [-0.1, -0.05) is 5.18 Å². The minimum absolute atomic E-state index is 0.113. The summed E-state index contributed by atoms with van der Waals surface area (Å²) in [6, 6.07) is -0.486. The molecule has 1 unspecified atom stereocenters.